The molecule has 3 rings (SSSR count). The third kappa shape index (κ3) is 4.85. The quantitative estimate of drug-likeness (QED) is 0.764. The summed E-state index contributed by atoms with van der Waals surface area (Å²) < 4.78 is 0.895. The second kappa shape index (κ2) is 9.04. The number of rotatable bonds is 6. The second-order valence-corrected chi connectivity index (χ2v) is 8.99. The van der Waals surface area contributed by atoms with Crippen molar-refractivity contribution >= 4 is 34.1 Å². The van der Waals surface area contributed by atoms with Gasteiger partial charge in [-0.05, 0) is 38.5 Å². The molecule has 1 saturated carbocycles. The molecule has 2 heterocycles. The first-order chi connectivity index (χ1) is 11.8. The van der Waals surface area contributed by atoms with Gasteiger partial charge in [0.2, 0.25) is 11.0 Å². The van der Waals surface area contributed by atoms with Gasteiger partial charge in [-0.15, -0.1) is 10.2 Å². The topological polar surface area (TPSA) is 58.1 Å². The minimum absolute atomic E-state index is 0.253. The van der Waals surface area contributed by atoms with Gasteiger partial charge in [-0.25, -0.2) is 0 Å². The maximum Gasteiger partial charge on any atom is 0.233 e. The Morgan fingerprint density at radius 3 is 2.79 bits per heavy atom. The van der Waals surface area contributed by atoms with E-state index in [1.54, 1.807) is 11.3 Å². The number of amides is 1. The molecule has 1 aromatic heterocycles. The molecule has 1 aliphatic carbocycles. The SMILES string of the molecule is CC[C@@H]1CCCCN1C(=O)CSc1nnc(NC2CCCCC2)s1. The fourth-order valence-corrected chi connectivity index (χ4v) is 5.42. The van der Waals surface area contributed by atoms with Crippen molar-refractivity contribution < 1.29 is 4.79 Å². The van der Waals surface area contributed by atoms with E-state index in [2.05, 4.69) is 27.3 Å². The summed E-state index contributed by atoms with van der Waals surface area (Å²) in [6.45, 7) is 3.10. The van der Waals surface area contributed by atoms with Crippen LogP contribution in [-0.2, 0) is 4.79 Å². The van der Waals surface area contributed by atoms with Gasteiger partial charge in [0.25, 0.3) is 0 Å². The van der Waals surface area contributed by atoms with Gasteiger partial charge in [0.05, 0.1) is 5.75 Å². The molecule has 0 bridgehead atoms. The minimum atomic E-state index is 0.253. The monoisotopic (exact) mass is 368 g/mol. The number of piperidine rings is 1. The van der Waals surface area contributed by atoms with Crippen molar-refractivity contribution in [3.05, 3.63) is 0 Å². The van der Waals surface area contributed by atoms with Crippen molar-refractivity contribution in [1.29, 1.82) is 0 Å². The zero-order chi connectivity index (χ0) is 16.8. The van der Waals surface area contributed by atoms with E-state index in [1.807, 2.05) is 0 Å². The highest BCUT2D eigenvalue weighted by Gasteiger charge is 2.25. The molecule has 1 amide bonds. The van der Waals surface area contributed by atoms with Crippen molar-refractivity contribution in [3.63, 3.8) is 0 Å². The molecular formula is C17H28N4OS2. The van der Waals surface area contributed by atoms with Crippen LogP contribution in [0.15, 0.2) is 4.34 Å². The van der Waals surface area contributed by atoms with Gasteiger partial charge in [0.15, 0.2) is 4.34 Å². The smallest absolute Gasteiger partial charge is 0.233 e. The van der Waals surface area contributed by atoms with Crippen molar-refractivity contribution in [2.45, 2.75) is 81.1 Å². The summed E-state index contributed by atoms with van der Waals surface area (Å²) in [6.07, 6.45) is 11.0. The van der Waals surface area contributed by atoms with Crippen molar-refractivity contribution in [3.8, 4) is 0 Å². The van der Waals surface area contributed by atoms with E-state index in [9.17, 15) is 4.79 Å². The first-order valence-electron chi connectivity index (χ1n) is 9.28. The molecule has 0 spiro atoms. The van der Waals surface area contributed by atoms with E-state index < -0.39 is 0 Å². The first kappa shape index (κ1) is 18.0. The fraction of sp³-hybridized carbons (Fsp3) is 0.824. The van der Waals surface area contributed by atoms with Gasteiger partial charge >= 0.3 is 0 Å². The molecule has 5 nitrogen and oxygen atoms in total. The predicted molar refractivity (Wildman–Crippen MR) is 101 cm³/mol. The third-order valence-electron chi connectivity index (χ3n) is 5.08. The van der Waals surface area contributed by atoms with Crippen LogP contribution in [0.25, 0.3) is 0 Å². The van der Waals surface area contributed by atoms with Crippen LogP contribution in [0.4, 0.5) is 5.13 Å². The average Bonchev–Trinajstić information content (AvgIpc) is 3.08. The molecule has 1 atom stereocenters. The molecule has 134 valence electrons. The lowest BCUT2D eigenvalue weighted by molar-refractivity contribution is -0.132. The molecule has 1 aromatic rings. The lowest BCUT2D eigenvalue weighted by atomic mass is 9.96. The Labute approximate surface area is 153 Å². The van der Waals surface area contributed by atoms with Gasteiger partial charge in [0.1, 0.15) is 0 Å². The summed E-state index contributed by atoms with van der Waals surface area (Å²) in [4.78, 5) is 14.6. The molecule has 2 fully saturated rings. The molecule has 1 saturated heterocycles. The van der Waals surface area contributed by atoms with Crippen LogP contribution in [-0.4, -0.2) is 45.4 Å². The van der Waals surface area contributed by atoms with Gasteiger partial charge in [-0.1, -0.05) is 49.3 Å². The van der Waals surface area contributed by atoms with Crippen LogP contribution in [0.2, 0.25) is 0 Å². The number of carbonyl (C=O) groups is 1. The number of nitrogens with zero attached hydrogens (tertiary/aromatic N) is 3. The Morgan fingerprint density at radius 1 is 1.21 bits per heavy atom. The highest BCUT2D eigenvalue weighted by molar-refractivity contribution is 8.01. The Kier molecular flexibility index (Phi) is 6.77. The van der Waals surface area contributed by atoms with Gasteiger partial charge in [-0.3, -0.25) is 4.79 Å². The van der Waals surface area contributed by atoms with E-state index in [4.69, 9.17) is 0 Å². The number of aromatic nitrogens is 2. The summed E-state index contributed by atoms with van der Waals surface area (Å²) in [7, 11) is 0. The predicted octanol–water partition coefficient (Wildman–Crippen LogP) is 4.17. The summed E-state index contributed by atoms with van der Waals surface area (Å²) in [5.41, 5.74) is 0. The van der Waals surface area contributed by atoms with Gasteiger partial charge < -0.3 is 10.2 Å². The van der Waals surface area contributed by atoms with E-state index in [-0.39, 0.29) is 5.91 Å². The van der Waals surface area contributed by atoms with Crippen molar-refractivity contribution in [2.24, 2.45) is 0 Å². The van der Waals surface area contributed by atoms with Crippen LogP contribution in [0, 0.1) is 0 Å². The van der Waals surface area contributed by atoms with Gasteiger partial charge in [-0.2, -0.15) is 0 Å². The van der Waals surface area contributed by atoms with Crippen molar-refractivity contribution in [2.75, 3.05) is 17.6 Å². The zero-order valence-corrected chi connectivity index (χ0v) is 16.1. The first-order valence-corrected chi connectivity index (χ1v) is 11.1. The Morgan fingerprint density at radius 2 is 2.00 bits per heavy atom. The van der Waals surface area contributed by atoms with E-state index in [0.717, 1.165) is 35.3 Å². The Hall–Kier alpha value is -0.820. The Bertz CT molecular complexity index is 530. The second-order valence-electron chi connectivity index (χ2n) is 6.79. The molecule has 0 aromatic carbocycles. The molecular weight excluding hydrogens is 340 g/mol. The normalized spacial score (nSPS) is 22.5. The molecule has 1 N–H and O–H groups in total. The van der Waals surface area contributed by atoms with Crippen LogP contribution in [0.3, 0.4) is 0 Å². The number of nitrogens with one attached hydrogen (secondary N) is 1. The number of thioether (sulfide) groups is 1. The molecule has 24 heavy (non-hydrogen) atoms. The number of anilines is 1. The largest absolute Gasteiger partial charge is 0.357 e. The van der Waals surface area contributed by atoms with E-state index in [0.29, 0.717) is 17.8 Å². The summed E-state index contributed by atoms with van der Waals surface area (Å²) in [5, 5.41) is 12.9. The van der Waals surface area contributed by atoms with Crippen LogP contribution >= 0.6 is 23.1 Å². The highest BCUT2D eigenvalue weighted by Crippen LogP contribution is 2.29. The maximum atomic E-state index is 12.5. The molecule has 1 aliphatic heterocycles. The number of likely N-dealkylation sites (tertiary alicyclic amines) is 1. The lowest BCUT2D eigenvalue weighted by Crippen LogP contribution is -2.44. The molecule has 7 heteroatoms. The van der Waals surface area contributed by atoms with Crippen molar-refractivity contribution in [1.82, 2.24) is 15.1 Å². The summed E-state index contributed by atoms with van der Waals surface area (Å²) >= 11 is 3.11. The van der Waals surface area contributed by atoms with Crippen LogP contribution in [0.1, 0.15) is 64.7 Å². The van der Waals surface area contributed by atoms with Crippen LogP contribution < -0.4 is 5.32 Å². The van der Waals surface area contributed by atoms with Gasteiger partial charge in [0, 0.05) is 18.6 Å². The lowest BCUT2D eigenvalue weighted by Gasteiger charge is -2.35. The number of carbonyl (C=O) groups excluding carboxylic acids is 1. The molecule has 0 unspecified atom stereocenters. The third-order valence-corrected chi connectivity index (χ3v) is 7.05. The zero-order valence-electron chi connectivity index (χ0n) is 14.5. The standard InChI is InChI=1S/C17H28N4OS2/c1-2-14-10-6-7-11-21(14)15(22)12-23-17-20-19-16(24-17)18-13-8-4-3-5-9-13/h13-14H,2-12H2,1H3,(H,18,19)/t14-/m1/s1. The minimum Gasteiger partial charge on any atom is -0.357 e. The van der Waals surface area contributed by atoms with E-state index in [1.165, 1.54) is 50.3 Å². The average molecular weight is 369 g/mol. The summed E-state index contributed by atoms with van der Waals surface area (Å²) in [6, 6.07) is 0.981. The molecule has 0 radical (unpaired) electrons. The number of hydrogen-bond donors (Lipinski definition) is 1. The number of hydrogen-bond acceptors (Lipinski definition) is 6. The maximum absolute atomic E-state index is 12.5. The summed E-state index contributed by atoms with van der Waals surface area (Å²) in [5.74, 6) is 0.734. The fourth-order valence-electron chi connectivity index (χ4n) is 3.71. The molecule has 2 aliphatic rings. The Balaban J connectivity index is 1.46. The van der Waals surface area contributed by atoms with E-state index >= 15 is 0 Å². The highest BCUT2D eigenvalue weighted by atomic mass is 32.2. The van der Waals surface area contributed by atoms with Crippen LogP contribution in [0.5, 0.6) is 0 Å².